The van der Waals surface area contributed by atoms with Gasteiger partial charge in [-0.2, -0.15) is 16.5 Å². The van der Waals surface area contributed by atoms with Crippen LogP contribution >= 0.6 is 23.1 Å². The van der Waals surface area contributed by atoms with Crippen LogP contribution in [0.1, 0.15) is 12.0 Å². The first-order valence-electron chi connectivity index (χ1n) is 7.87. The maximum absolute atomic E-state index is 12.7. The molecular formula is C17H22N2O4S3. The van der Waals surface area contributed by atoms with Gasteiger partial charge in [-0.3, -0.25) is 4.79 Å². The molecule has 1 aromatic heterocycles. The number of methoxy groups -OCH3 is 1. The van der Waals surface area contributed by atoms with Crippen molar-refractivity contribution < 1.29 is 17.9 Å². The molecule has 6 nitrogen and oxygen atoms in total. The van der Waals surface area contributed by atoms with Gasteiger partial charge in [-0.1, -0.05) is 12.1 Å². The maximum Gasteiger partial charge on any atom is 0.250 e. The number of rotatable bonds is 9. The van der Waals surface area contributed by atoms with E-state index in [4.69, 9.17) is 4.74 Å². The largest absolute Gasteiger partial charge is 0.495 e. The van der Waals surface area contributed by atoms with Gasteiger partial charge < -0.3 is 10.1 Å². The summed E-state index contributed by atoms with van der Waals surface area (Å²) in [4.78, 5) is 12.7. The second-order valence-electron chi connectivity index (χ2n) is 5.58. The molecule has 0 aliphatic carbocycles. The lowest BCUT2D eigenvalue weighted by molar-refractivity contribution is -0.117. The van der Waals surface area contributed by atoms with E-state index in [9.17, 15) is 13.2 Å². The Morgan fingerprint density at radius 3 is 2.73 bits per heavy atom. The predicted molar refractivity (Wildman–Crippen MR) is 108 cm³/mol. The van der Waals surface area contributed by atoms with Gasteiger partial charge in [0.25, 0.3) is 10.0 Å². The van der Waals surface area contributed by atoms with Crippen molar-refractivity contribution >= 4 is 44.7 Å². The minimum Gasteiger partial charge on any atom is -0.495 e. The average Bonchev–Trinajstić information content (AvgIpc) is 3.14. The van der Waals surface area contributed by atoms with Crippen LogP contribution in [0.2, 0.25) is 0 Å². The van der Waals surface area contributed by atoms with Crippen LogP contribution in [0.25, 0.3) is 0 Å². The highest BCUT2D eigenvalue weighted by atomic mass is 32.2. The quantitative estimate of drug-likeness (QED) is 0.659. The van der Waals surface area contributed by atoms with E-state index in [0.29, 0.717) is 23.6 Å². The summed E-state index contributed by atoms with van der Waals surface area (Å²) in [6.07, 6.45) is 2.29. The number of nitrogens with one attached hydrogen (secondary N) is 2. The van der Waals surface area contributed by atoms with Crippen LogP contribution in [0.3, 0.4) is 0 Å². The molecule has 2 aromatic rings. The molecule has 1 atom stereocenters. The van der Waals surface area contributed by atoms with Crippen molar-refractivity contribution in [3.05, 3.63) is 41.3 Å². The molecule has 9 heteroatoms. The van der Waals surface area contributed by atoms with E-state index in [0.717, 1.165) is 16.9 Å². The minimum atomic E-state index is -3.74. The van der Waals surface area contributed by atoms with Crippen LogP contribution in [0.5, 0.6) is 5.75 Å². The van der Waals surface area contributed by atoms with Crippen LogP contribution in [0.15, 0.2) is 39.9 Å². The van der Waals surface area contributed by atoms with E-state index < -0.39 is 22.0 Å². The molecule has 26 heavy (non-hydrogen) atoms. The smallest absolute Gasteiger partial charge is 0.250 e. The lowest BCUT2D eigenvalue weighted by atomic mass is 10.2. The fourth-order valence-electron chi connectivity index (χ4n) is 2.28. The molecule has 0 spiro atoms. The number of ether oxygens (including phenoxy) is 1. The molecular weight excluding hydrogens is 392 g/mol. The lowest BCUT2D eigenvalue weighted by Crippen LogP contribution is -2.44. The number of carbonyl (C=O) groups is 1. The molecule has 2 rings (SSSR count). The second-order valence-corrected chi connectivity index (χ2v) is 9.45. The first kappa shape index (κ1) is 20.8. The number of sulfonamides is 1. The van der Waals surface area contributed by atoms with Gasteiger partial charge in [0.15, 0.2) is 0 Å². The Morgan fingerprint density at radius 1 is 1.35 bits per heavy atom. The standard InChI is InChI=1S/C17H22N2O4S3/c1-12-6-7-15(23-2)14(11-12)18-17(20)13(8-10-24-3)19-26(21,22)16-5-4-9-25-16/h4-7,9,11,13,19H,8,10H2,1-3H3,(H,18,20)/t13-/m0/s1. The summed E-state index contributed by atoms with van der Waals surface area (Å²) in [5.41, 5.74) is 1.47. The highest BCUT2D eigenvalue weighted by molar-refractivity contribution is 7.98. The van der Waals surface area contributed by atoms with E-state index in [2.05, 4.69) is 10.0 Å². The minimum absolute atomic E-state index is 0.188. The van der Waals surface area contributed by atoms with Gasteiger partial charge in [0.1, 0.15) is 16.0 Å². The van der Waals surface area contributed by atoms with Gasteiger partial charge >= 0.3 is 0 Å². The number of benzene rings is 1. The molecule has 0 aliphatic rings. The summed E-state index contributed by atoms with van der Waals surface area (Å²) in [7, 11) is -2.22. The van der Waals surface area contributed by atoms with Crippen molar-refractivity contribution in [1.29, 1.82) is 0 Å². The molecule has 0 fully saturated rings. The molecule has 2 N–H and O–H groups in total. The molecule has 142 valence electrons. The Morgan fingerprint density at radius 2 is 2.12 bits per heavy atom. The van der Waals surface area contributed by atoms with Crippen molar-refractivity contribution in [1.82, 2.24) is 4.72 Å². The van der Waals surface area contributed by atoms with Crippen molar-refractivity contribution in [3.63, 3.8) is 0 Å². The monoisotopic (exact) mass is 414 g/mol. The average molecular weight is 415 g/mol. The second kappa shape index (κ2) is 9.40. The normalized spacial score (nSPS) is 12.6. The van der Waals surface area contributed by atoms with Gasteiger partial charge in [-0.15, -0.1) is 11.3 Å². The molecule has 1 aromatic carbocycles. The topological polar surface area (TPSA) is 84.5 Å². The fraction of sp³-hybridized carbons (Fsp3) is 0.353. The number of hydrogen-bond acceptors (Lipinski definition) is 6. The maximum atomic E-state index is 12.7. The van der Waals surface area contributed by atoms with Gasteiger partial charge in [0, 0.05) is 0 Å². The zero-order valence-electron chi connectivity index (χ0n) is 14.8. The Balaban J connectivity index is 2.21. The third-order valence-corrected chi connectivity index (χ3v) is 7.11. The first-order chi connectivity index (χ1) is 12.4. The van der Waals surface area contributed by atoms with Gasteiger partial charge in [-0.05, 0) is 54.5 Å². The number of anilines is 1. The van der Waals surface area contributed by atoms with Gasteiger partial charge in [0.05, 0.1) is 12.8 Å². The van der Waals surface area contributed by atoms with Crippen LogP contribution in [0.4, 0.5) is 5.69 Å². The van der Waals surface area contributed by atoms with E-state index in [1.165, 1.54) is 13.2 Å². The summed E-state index contributed by atoms with van der Waals surface area (Å²) in [6.45, 7) is 1.90. The fourth-order valence-corrected chi connectivity index (χ4v) is 4.99. The summed E-state index contributed by atoms with van der Waals surface area (Å²) in [5, 5.41) is 4.47. The van der Waals surface area contributed by atoms with Crippen LogP contribution in [0, 0.1) is 6.92 Å². The van der Waals surface area contributed by atoms with Crippen LogP contribution in [-0.2, 0) is 14.8 Å². The zero-order chi connectivity index (χ0) is 19.2. The van der Waals surface area contributed by atoms with Crippen molar-refractivity contribution in [3.8, 4) is 5.75 Å². The molecule has 1 heterocycles. The third-order valence-electron chi connectivity index (χ3n) is 3.60. The van der Waals surface area contributed by atoms with E-state index in [1.54, 1.807) is 35.3 Å². The summed E-state index contributed by atoms with van der Waals surface area (Å²) < 4.78 is 33.0. The lowest BCUT2D eigenvalue weighted by Gasteiger charge is -2.19. The number of thioether (sulfide) groups is 1. The predicted octanol–water partition coefficient (Wildman–Crippen LogP) is 3.10. The van der Waals surface area contributed by atoms with E-state index in [-0.39, 0.29) is 4.21 Å². The van der Waals surface area contributed by atoms with Crippen LogP contribution in [-0.4, -0.2) is 39.5 Å². The Bertz CT molecular complexity index is 836. The SMILES string of the molecule is COc1ccc(C)cc1NC(=O)[C@H](CCSC)NS(=O)(=O)c1cccs1. The van der Waals surface area contributed by atoms with Crippen molar-refractivity contribution in [2.75, 3.05) is 24.4 Å². The van der Waals surface area contributed by atoms with Gasteiger partial charge in [0.2, 0.25) is 5.91 Å². The van der Waals surface area contributed by atoms with Crippen molar-refractivity contribution in [2.45, 2.75) is 23.6 Å². The number of carbonyl (C=O) groups excluding carboxylic acids is 1. The molecule has 0 radical (unpaired) electrons. The molecule has 0 aliphatic heterocycles. The molecule has 0 saturated carbocycles. The summed E-state index contributed by atoms with van der Waals surface area (Å²) >= 11 is 2.66. The highest BCUT2D eigenvalue weighted by Gasteiger charge is 2.26. The summed E-state index contributed by atoms with van der Waals surface area (Å²) in [5.74, 6) is 0.757. The third kappa shape index (κ3) is 5.47. The number of hydrogen-bond donors (Lipinski definition) is 2. The highest BCUT2D eigenvalue weighted by Crippen LogP contribution is 2.26. The first-order valence-corrected chi connectivity index (χ1v) is 11.6. The van der Waals surface area contributed by atoms with E-state index >= 15 is 0 Å². The Kier molecular flexibility index (Phi) is 7.51. The molecule has 1 amide bonds. The molecule has 0 unspecified atom stereocenters. The van der Waals surface area contributed by atoms with Gasteiger partial charge in [-0.25, -0.2) is 8.42 Å². The zero-order valence-corrected chi connectivity index (χ0v) is 17.3. The van der Waals surface area contributed by atoms with Crippen molar-refractivity contribution in [2.24, 2.45) is 0 Å². The Hall–Kier alpha value is -1.55. The number of aryl methyl sites for hydroxylation is 1. The number of amides is 1. The molecule has 0 saturated heterocycles. The number of thiophene rings is 1. The van der Waals surface area contributed by atoms with E-state index in [1.807, 2.05) is 19.2 Å². The Labute approximate surface area is 162 Å². The van der Waals surface area contributed by atoms with Crippen LogP contribution < -0.4 is 14.8 Å². The summed E-state index contributed by atoms with van der Waals surface area (Å²) in [6, 6.07) is 7.72. The molecule has 0 bridgehead atoms.